The average Bonchev–Trinajstić information content (AvgIpc) is 2.85. The van der Waals surface area contributed by atoms with E-state index in [9.17, 15) is 8.42 Å². The smallest absolute Gasteiger partial charge is 0.241 e. The summed E-state index contributed by atoms with van der Waals surface area (Å²) in [5, 5.41) is 0. The van der Waals surface area contributed by atoms with Gasteiger partial charge in [0.15, 0.2) is 0 Å². The molecule has 1 aromatic carbocycles. The standard InChI is InChI=1S/C15H24N2O3S/c1-10-7-11(2)15(8-12(10)9-16)21(18,19)17-13-5-4-6-14(13)20-3/h7-8,13-14,17H,4-6,9,16H2,1-3H3. The molecule has 6 heteroatoms. The third-order valence-corrected chi connectivity index (χ3v) is 5.84. The van der Waals surface area contributed by atoms with Crippen LogP contribution in [0, 0.1) is 13.8 Å². The van der Waals surface area contributed by atoms with Crippen molar-refractivity contribution in [3.63, 3.8) is 0 Å². The van der Waals surface area contributed by atoms with E-state index in [0.29, 0.717) is 11.4 Å². The van der Waals surface area contributed by atoms with Gasteiger partial charge in [0.1, 0.15) is 0 Å². The molecule has 2 rings (SSSR count). The first-order chi connectivity index (χ1) is 9.89. The Kier molecular flexibility index (Phi) is 5.03. The minimum absolute atomic E-state index is 0.0421. The molecule has 21 heavy (non-hydrogen) atoms. The quantitative estimate of drug-likeness (QED) is 0.865. The molecule has 5 nitrogen and oxygen atoms in total. The molecule has 0 amide bonds. The number of rotatable bonds is 5. The molecule has 0 heterocycles. The molecule has 2 atom stereocenters. The number of aryl methyl sites for hydroxylation is 2. The van der Waals surface area contributed by atoms with Gasteiger partial charge in [-0.2, -0.15) is 0 Å². The van der Waals surface area contributed by atoms with E-state index in [2.05, 4.69) is 4.72 Å². The van der Waals surface area contributed by atoms with Gasteiger partial charge in [-0.1, -0.05) is 6.07 Å². The van der Waals surface area contributed by atoms with E-state index in [1.54, 1.807) is 13.2 Å². The molecular weight excluding hydrogens is 288 g/mol. The summed E-state index contributed by atoms with van der Waals surface area (Å²) in [6, 6.07) is 3.41. The van der Waals surface area contributed by atoms with Gasteiger partial charge in [-0.25, -0.2) is 13.1 Å². The lowest BCUT2D eigenvalue weighted by atomic mass is 10.1. The van der Waals surface area contributed by atoms with Crippen molar-refractivity contribution in [3.8, 4) is 0 Å². The zero-order chi connectivity index (χ0) is 15.6. The van der Waals surface area contributed by atoms with Gasteiger partial charge in [-0.05, 0) is 55.9 Å². The van der Waals surface area contributed by atoms with E-state index in [0.717, 1.165) is 36.0 Å². The van der Waals surface area contributed by atoms with Crippen molar-refractivity contribution in [2.24, 2.45) is 5.73 Å². The molecule has 0 spiro atoms. The van der Waals surface area contributed by atoms with Crippen LogP contribution in [-0.4, -0.2) is 27.7 Å². The summed E-state index contributed by atoms with van der Waals surface area (Å²) in [5.74, 6) is 0. The molecule has 1 fully saturated rings. The Morgan fingerprint density at radius 2 is 2.00 bits per heavy atom. The van der Waals surface area contributed by atoms with Crippen molar-refractivity contribution >= 4 is 10.0 Å². The van der Waals surface area contributed by atoms with Crippen molar-refractivity contribution in [1.29, 1.82) is 0 Å². The molecule has 0 saturated heterocycles. The molecular formula is C15H24N2O3S. The van der Waals surface area contributed by atoms with Crippen LogP contribution >= 0.6 is 0 Å². The fourth-order valence-electron chi connectivity index (χ4n) is 2.99. The lowest BCUT2D eigenvalue weighted by Crippen LogP contribution is -2.40. The van der Waals surface area contributed by atoms with E-state index in [1.165, 1.54) is 0 Å². The number of nitrogens with one attached hydrogen (secondary N) is 1. The van der Waals surface area contributed by atoms with Crippen molar-refractivity contribution < 1.29 is 13.2 Å². The first-order valence-electron chi connectivity index (χ1n) is 7.24. The molecule has 1 aliphatic rings. The summed E-state index contributed by atoms with van der Waals surface area (Å²) in [7, 11) is -1.93. The Hall–Kier alpha value is -0.950. The Morgan fingerprint density at radius 1 is 1.29 bits per heavy atom. The Morgan fingerprint density at radius 3 is 2.62 bits per heavy atom. The van der Waals surface area contributed by atoms with E-state index in [4.69, 9.17) is 10.5 Å². The summed E-state index contributed by atoms with van der Waals surface area (Å²) in [6.07, 6.45) is 2.64. The fourth-order valence-corrected chi connectivity index (χ4v) is 4.57. The van der Waals surface area contributed by atoms with Crippen LogP contribution in [0.15, 0.2) is 17.0 Å². The van der Waals surface area contributed by atoms with Crippen LogP contribution in [0.5, 0.6) is 0 Å². The second-order valence-corrected chi connectivity index (χ2v) is 7.36. The first-order valence-corrected chi connectivity index (χ1v) is 8.72. The molecule has 1 aliphatic carbocycles. The summed E-state index contributed by atoms with van der Waals surface area (Å²) in [4.78, 5) is 0.315. The average molecular weight is 312 g/mol. The normalized spacial score (nSPS) is 22.7. The highest BCUT2D eigenvalue weighted by molar-refractivity contribution is 7.89. The Labute approximate surface area is 126 Å². The summed E-state index contributed by atoms with van der Waals surface area (Å²) in [6.45, 7) is 4.08. The minimum Gasteiger partial charge on any atom is -0.380 e. The van der Waals surface area contributed by atoms with Crippen LogP contribution in [0.4, 0.5) is 0 Å². The topological polar surface area (TPSA) is 81.4 Å². The minimum atomic E-state index is -3.55. The maximum atomic E-state index is 12.6. The SMILES string of the molecule is COC1CCCC1NS(=O)(=O)c1cc(CN)c(C)cc1C. The predicted molar refractivity (Wildman–Crippen MR) is 82.6 cm³/mol. The molecule has 118 valence electrons. The highest BCUT2D eigenvalue weighted by Crippen LogP contribution is 2.25. The van der Waals surface area contributed by atoms with Crippen LogP contribution in [-0.2, 0) is 21.3 Å². The number of ether oxygens (including phenoxy) is 1. The Balaban J connectivity index is 2.31. The van der Waals surface area contributed by atoms with Crippen molar-refractivity contribution in [3.05, 3.63) is 28.8 Å². The molecule has 0 aromatic heterocycles. The molecule has 1 saturated carbocycles. The molecule has 0 aliphatic heterocycles. The zero-order valence-corrected chi connectivity index (χ0v) is 13.7. The largest absolute Gasteiger partial charge is 0.380 e. The highest BCUT2D eigenvalue weighted by atomic mass is 32.2. The second-order valence-electron chi connectivity index (χ2n) is 5.68. The number of methoxy groups -OCH3 is 1. The predicted octanol–water partition coefficient (Wildman–Crippen LogP) is 1.61. The van der Waals surface area contributed by atoms with E-state index < -0.39 is 10.0 Å². The van der Waals surface area contributed by atoms with Crippen LogP contribution in [0.3, 0.4) is 0 Å². The van der Waals surface area contributed by atoms with Gasteiger partial charge in [0.2, 0.25) is 10.0 Å². The third-order valence-electron chi connectivity index (χ3n) is 4.20. The number of nitrogens with two attached hydrogens (primary N) is 1. The van der Waals surface area contributed by atoms with Crippen LogP contribution < -0.4 is 10.5 Å². The lowest BCUT2D eigenvalue weighted by molar-refractivity contribution is 0.0916. The van der Waals surface area contributed by atoms with Gasteiger partial charge in [0.05, 0.1) is 11.0 Å². The number of benzene rings is 1. The van der Waals surface area contributed by atoms with E-state index >= 15 is 0 Å². The lowest BCUT2D eigenvalue weighted by Gasteiger charge is -2.21. The first kappa shape index (κ1) is 16.4. The number of hydrogen-bond donors (Lipinski definition) is 2. The second kappa shape index (κ2) is 6.44. The summed E-state index contributed by atoms with van der Waals surface area (Å²) >= 11 is 0. The molecule has 0 bridgehead atoms. The van der Waals surface area contributed by atoms with Crippen LogP contribution in [0.25, 0.3) is 0 Å². The van der Waals surface area contributed by atoms with E-state index in [1.807, 2.05) is 19.9 Å². The maximum Gasteiger partial charge on any atom is 0.241 e. The van der Waals surface area contributed by atoms with Gasteiger partial charge in [-0.3, -0.25) is 0 Å². The fraction of sp³-hybridized carbons (Fsp3) is 0.600. The summed E-state index contributed by atoms with van der Waals surface area (Å²) in [5.41, 5.74) is 8.30. The monoisotopic (exact) mass is 312 g/mol. The van der Waals surface area contributed by atoms with Gasteiger partial charge in [0, 0.05) is 19.7 Å². The molecule has 2 unspecified atom stereocenters. The van der Waals surface area contributed by atoms with Gasteiger partial charge in [0.25, 0.3) is 0 Å². The zero-order valence-electron chi connectivity index (χ0n) is 12.8. The third kappa shape index (κ3) is 3.45. The van der Waals surface area contributed by atoms with Gasteiger partial charge >= 0.3 is 0 Å². The van der Waals surface area contributed by atoms with Gasteiger partial charge < -0.3 is 10.5 Å². The van der Waals surface area contributed by atoms with Gasteiger partial charge in [-0.15, -0.1) is 0 Å². The van der Waals surface area contributed by atoms with Crippen LogP contribution in [0.2, 0.25) is 0 Å². The number of hydrogen-bond acceptors (Lipinski definition) is 4. The molecule has 3 N–H and O–H groups in total. The van der Waals surface area contributed by atoms with Crippen molar-refractivity contribution in [2.45, 2.75) is 56.7 Å². The van der Waals surface area contributed by atoms with E-state index in [-0.39, 0.29) is 12.1 Å². The number of sulfonamides is 1. The highest BCUT2D eigenvalue weighted by Gasteiger charge is 2.32. The van der Waals surface area contributed by atoms with Crippen LogP contribution in [0.1, 0.15) is 36.0 Å². The van der Waals surface area contributed by atoms with Crippen molar-refractivity contribution in [2.75, 3.05) is 7.11 Å². The molecule has 1 aromatic rings. The summed E-state index contributed by atoms with van der Waals surface area (Å²) < 4.78 is 33.4. The molecule has 0 radical (unpaired) electrons. The van der Waals surface area contributed by atoms with Crippen molar-refractivity contribution in [1.82, 2.24) is 4.72 Å². The maximum absolute atomic E-state index is 12.6. The Bertz CT molecular complexity index is 614.